The van der Waals surface area contributed by atoms with Gasteiger partial charge in [0.2, 0.25) is 0 Å². The highest BCUT2D eigenvalue weighted by atomic mass is 15.2. The predicted octanol–water partition coefficient (Wildman–Crippen LogP) is 5.07. The van der Waals surface area contributed by atoms with E-state index in [0.29, 0.717) is 5.82 Å². The highest BCUT2D eigenvalue weighted by Crippen LogP contribution is 2.33. The zero-order chi connectivity index (χ0) is 13.8. The van der Waals surface area contributed by atoms with E-state index in [-0.39, 0.29) is 0 Å². The van der Waals surface area contributed by atoms with Crippen LogP contribution in [-0.4, -0.2) is 10.2 Å². The number of H-pyrrole nitrogens is 1. The van der Waals surface area contributed by atoms with Crippen molar-refractivity contribution in [3.63, 3.8) is 0 Å². The number of rotatable bonds is 3. The summed E-state index contributed by atoms with van der Waals surface area (Å²) in [5.74, 6) is 1.16. The molecule has 3 rings (SSSR count). The van der Waals surface area contributed by atoms with E-state index in [9.17, 15) is 0 Å². The molecular formula is C15H17N5. The van der Waals surface area contributed by atoms with Gasteiger partial charge >= 0.3 is 0 Å². The Kier molecular flexibility index (Phi) is 3.70. The van der Waals surface area contributed by atoms with Gasteiger partial charge in [-0.15, -0.1) is 0 Å². The molecule has 0 atom stereocenters. The molecule has 1 fully saturated rings. The molecule has 1 aromatic carbocycles. The number of nitrogens with one attached hydrogen (secondary N) is 1. The second-order valence-corrected chi connectivity index (χ2v) is 5.28. The lowest BCUT2D eigenvalue weighted by atomic mass is 9.84. The van der Waals surface area contributed by atoms with Crippen molar-refractivity contribution in [2.75, 3.05) is 0 Å². The van der Waals surface area contributed by atoms with Crippen molar-refractivity contribution in [3.05, 3.63) is 46.3 Å². The average Bonchev–Trinajstić information content (AvgIpc) is 2.97. The van der Waals surface area contributed by atoms with E-state index in [2.05, 4.69) is 44.5 Å². The maximum Gasteiger partial charge on any atom is 0.122 e. The highest BCUT2D eigenvalue weighted by Gasteiger charge is 2.15. The molecule has 0 aliphatic heterocycles. The van der Waals surface area contributed by atoms with E-state index in [1.54, 1.807) is 6.07 Å². The second kappa shape index (κ2) is 5.80. The number of aromatic nitrogens is 2. The molecule has 0 unspecified atom stereocenters. The van der Waals surface area contributed by atoms with Crippen LogP contribution in [0.25, 0.3) is 21.7 Å². The summed E-state index contributed by atoms with van der Waals surface area (Å²) < 4.78 is 0. The maximum absolute atomic E-state index is 8.39. The number of hydrogen-bond acceptors (Lipinski definition) is 2. The third-order valence-electron chi connectivity index (χ3n) is 4.00. The molecule has 0 radical (unpaired) electrons. The Morgan fingerprint density at radius 1 is 1.15 bits per heavy atom. The zero-order valence-corrected chi connectivity index (χ0v) is 11.3. The molecule has 102 valence electrons. The molecule has 1 heterocycles. The topological polar surface area (TPSA) is 77.4 Å². The summed E-state index contributed by atoms with van der Waals surface area (Å²) in [6, 6.07) is 10.4. The van der Waals surface area contributed by atoms with Crippen molar-refractivity contribution >= 4 is 5.82 Å². The summed E-state index contributed by atoms with van der Waals surface area (Å²) in [5.41, 5.74) is 11.7. The zero-order valence-electron chi connectivity index (χ0n) is 11.3. The number of benzene rings is 1. The standard InChI is InChI=1S/C15H17N5/c16-20-19-15-10-14(17-18-15)13-8-6-12(7-9-13)11-4-2-1-3-5-11/h6-11H,1-5H2,(H,17,18). The number of hydrogen-bond donors (Lipinski definition) is 1. The van der Waals surface area contributed by atoms with Gasteiger partial charge < -0.3 is 0 Å². The van der Waals surface area contributed by atoms with Gasteiger partial charge in [-0.05, 0) is 41.0 Å². The fourth-order valence-electron chi connectivity index (χ4n) is 2.92. The largest absolute Gasteiger partial charge is 0.275 e. The van der Waals surface area contributed by atoms with Crippen LogP contribution in [-0.2, 0) is 0 Å². The Hall–Kier alpha value is -2.26. The Balaban J connectivity index is 1.79. The summed E-state index contributed by atoms with van der Waals surface area (Å²) >= 11 is 0. The number of nitrogens with zero attached hydrogens (tertiary/aromatic N) is 4. The molecule has 1 aliphatic carbocycles. The van der Waals surface area contributed by atoms with Crippen LogP contribution in [0.4, 0.5) is 5.82 Å². The second-order valence-electron chi connectivity index (χ2n) is 5.28. The molecule has 0 spiro atoms. The first-order valence-corrected chi connectivity index (χ1v) is 7.07. The third kappa shape index (κ3) is 2.68. The van der Waals surface area contributed by atoms with Crippen molar-refractivity contribution in [1.82, 2.24) is 10.2 Å². The minimum atomic E-state index is 0.443. The van der Waals surface area contributed by atoms with E-state index in [0.717, 1.165) is 17.2 Å². The first-order valence-electron chi connectivity index (χ1n) is 7.07. The molecule has 20 heavy (non-hydrogen) atoms. The molecular weight excluding hydrogens is 250 g/mol. The van der Waals surface area contributed by atoms with Gasteiger partial charge in [0, 0.05) is 10.5 Å². The van der Waals surface area contributed by atoms with Crippen LogP contribution in [0.2, 0.25) is 0 Å². The molecule has 1 aliphatic rings. The normalized spacial score (nSPS) is 15.8. The van der Waals surface area contributed by atoms with E-state index >= 15 is 0 Å². The van der Waals surface area contributed by atoms with Crippen LogP contribution in [0, 0.1) is 0 Å². The molecule has 5 heteroatoms. The fraction of sp³-hybridized carbons (Fsp3) is 0.400. The van der Waals surface area contributed by atoms with Crippen molar-refractivity contribution in [1.29, 1.82) is 0 Å². The van der Waals surface area contributed by atoms with Crippen LogP contribution < -0.4 is 0 Å². The highest BCUT2D eigenvalue weighted by molar-refractivity contribution is 5.62. The van der Waals surface area contributed by atoms with Gasteiger partial charge in [-0.2, -0.15) is 5.10 Å². The Bertz CT molecular complexity index is 616. The van der Waals surface area contributed by atoms with Crippen LogP contribution in [0.1, 0.15) is 43.6 Å². The fourth-order valence-corrected chi connectivity index (χ4v) is 2.92. The number of azide groups is 1. The van der Waals surface area contributed by atoms with Crippen LogP contribution in [0.15, 0.2) is 35.4 Å². The smallest absolute Gasteiger partial charge is 0.122 e. The van der Waals surface area contributed by atoms with Crippen molar-refractivity contribution in [2.24, 2.45) is 5.11 Å². The monoisotopic (exact) mass is 267 g/mol. The van der Waals surface area contributed by atoms with Crippen molar-refractivity contribution < 1.29 is 0 Å². The quantitative estimate of drug-likeness (QED) is 0.470. The van der Waals surface area contributed by atoms with Crippen LogP contribution >= 0.6 is 0 Å². The van der Waals surface area contributed by atoms with Crippen LogP contribution in [0.3, 0.4) is 0 Å². The molecule has 0 bridgehead atoms. The van der Waals surface area contributed by atoms with E-state index < -0.39 is 0 Å². The SMILES string of the molecule is [N-]=[N+]=Nc1cc(-c2ccc(C3CCCCC3)cc2)n[nH]1. The average molecular weight is 267 g/mol. The van der Waals surface area contributed by atoms with Crippen LogP contribution in [0.5, 0.6) is 0 Å². The molecule has 2 aromatic rings. The van der Waals surface area contributed by atoms with Gasteiger partial charge in [-0.1, -0.05) is 43.5 Å². The van der Waals surface area contributed by atoms with Gasteiger partial charge in [-0.25, -0.2) is 0 Å². The molecule has 0 amide bonds. The van der Waals surface area contributed by atoms with Crippen molar-refractivity contribution in [3.8, 4) is 11.3 Å². The van der Waals surface area contributed by atoms with E-state index in [1.807, 2.05) is 0 Å². The summed E-state index contributed by atoms with van der Waals surface area (Å²) in [4.78, 5) is 2.74. The summed E-state index contributed by atoms with van der Waals surface area (Å²) in [5, 5.41) is 10.4. The number of aromatic amines is 1. The summed E-state index contributed by atoms with van der Waals surface area (Å²) in [6.45, 7) is 0. The minimum Gasteiger partial charge on any atom is -0.275 e. The summed E-state index contributed by atoms with van der Waals surface area (Å²) in [6.07, 6.45) is 6.69. The molecule has 1 N–H and O–H groups in total. The Labute approximate surface area is 117 Å². The van der Waals surface area contributed by atoms with Gasteiger partial charge in [0.15, 0.2) is 0 Å². The lowest BCUT2D eigenvalue weighted by Crippen LogP contribution is -2.04. The molecule has 1 aromatic heterocycles. The van der Waals surface area contributed by atoms with Gasteiger partial charge in [0.05, 0.1) is 5.69 Å². The molecule has 1 saturated carbocycles. The Morgan fingerprint density at radius 3 is 2.60 bits per heavy atom. The van der Waals surface area contributed by atoms with E-state index in [1.165, 1.54) is 37.7 Å². The Morgan fingerprint density at radius 2 is 1.90 bits per heavy atom. The lowest BCUT2D eigenvalue weighted by molar-refractivity contribution is 0.443. The minimum absolute atomic E-state index is 0.443. The molecule has 5 nitrogen and oxygen atoms in total. The lowest BCUT2D eigenvalue weighted by Gasteiger charge is -2.21. The first-order chi connectivity index (χ1) is 9.86. The summed E-state index contributed by atoms with van der Waals surface area (Å²) in [7, 11) is 0. The predicted molar refractivity (Wildman–Crippen MR) is 78.7 cm³/mol. The maximum atomic E-state index is 8.39. The molecule has 0 saturated heterocycles. The first kappa shape index (κ1) is 12.8. The van der Waals surface area contributed by atoms with E-state index in [4.69, 9.17) is 5.53 Å². The third-order valence-corrected chi connectivity index (χ3v) is 4.00. The van der Waals surface area contributed by atoms with Gasteiger partial charge in [0.25, 0.3) is 0 Å². The van der Waals surface area contributed by atoms with Gasteiger partial charge in [-0.3, -0.25) is 5.10 Å². The van der Waals surface area contributed by atoms with Gasteiger partial charge in [0.1, 0.15) is 5.82 Å². The van der Waals surface area contributed by atoms with Crippen molar-refractivity contribution in [2.45, 2.75) is 38.0 Å².